The fraction of sp³-hybridized carbons (Fsp3) is 0.929. The van der Waals surface area contributed by atoms with Gasteiger partial charge in [-0.3, -0.25) is 4.79 Å². The van der Waals surface area contributed by atoms with E-state index in [2.05, 4.69) is 26.1 Å². The summed E-state index contributed by atoms with van der Waals surface area (Å²) in [6.45, 7) is 6.75. The van der Waals surface area contributed by atoms with Crippen molar-refractivity contribution in [1.82, 2.24) is 5.32 Å². The van der Waals surface area contributed by atoms with E-state index in [1.165, 1.54) is 12.8 Å². The van der Waals surface area contributed by atoms with Gasteiger partial charge in [0.1, 0.15) is 0 Å². The number of hydrogen-bond acceptors (Lipinski definition) is 2. The van der Waals surface area contributed by atoms with Crippen molar-refractivity contribution < 1.29 is 9.90 Å². The second-order valence-corrected chi connectivity index (χ2v) is 5.93. The summed E-state index contributed by atoms with van der Waals surface area (Å²) >= 11 is 0. The molecule has 3 heteroatoms. The van der Waals surface area contributed by atoms with Gasteiger partial charge in [-0.05, 0) is 51.4 Å². The van der Waals surface area contributed by atoms with E-state index in [1.54, 1.807) is 0 Å². The summed E-state index contributed by atoms with van der Waals surface area (Å²) in [7, 11) is 0. The fourth-order valence-electron chi connectivity index (χ4n) is 2.58. The van der Waals surface area contributed by atoms with Crippen molar-refractivity contribution in [3.63, 3.8) is 0 Å². The maximum Gasteiger partial charge on any atom is 0.306 e. The first-order valence-corrected chi connectivity index (χ1v) is 6.98. The first-order valence-electron chi connectivity index (χ1n) is 6.98. The quantitative estimate of drug-likeness (QED) is 0.751. The number of carboxylic acid groups (broad SMARTS) is 1. The first kappa shape index (κ1) is 14.5. The molecule has 1 saturated carbocycles. The molecule has 0 aromatic heterocycles. The van der Waals surface area contributed by atoms with E-state index in [4.69, 9.17) is 5.11 Å². The smallest absolute Gasteiger partial charge is 0.306 e. The van der Waals surface area contributed by atoms with Crippen molar-refractivity contribution in [3.8, 4) is 0 Å². The largest absolute Gasteiger partial charge is 0.481 e. The van der Waals surface area contributed by atoms with Gasteiger partial charge >= 0.3 is 5.97 Å². The molecule has 1 aliphatic rings. The predicted molar refractivity (Wildman–Crippen MR) is 70.1 cm³/mol. The molecule has 0 aromatic carbocycles. The molecule has 0 bridgehead atoms. The lowest BCUT2D eigenvalue weighted by molar-refractivity contribution is -0.142. The van der Waals surface area contributed by atoms with Crippen LogP contribution in [0.1, 0.15) is 59.3 Å². The predicted octanol–water partition coefficient (Wildman–Crippen LogP) is 3.04. The molecule has 3 nitrogen and oxygen atoms in total. The molecule has 2 N–H and O–H groups in total. The maximum absolute atomic E-state index is 10.8. The van der Waals surface area contributed by atoms with Gasteiger partial charge in [-0.15, -0.1) is 0 Å². The summed E-state index contributed by atoms with van der Waals surface area (Å²) in [6.07, 6.45) is 6.19. The summed E-state index contributed by atoms with van der Waals surface area (Å²) in [5, 5.41) is 12.6. The van der Waals surface area contributed by atoms with Gasteiger partial charge in [0.25, 0.3) is 0 Å². The minimum absolute atomic E-state index is 0.0981. The summed E-state index contributed by atoms with van der Waals surface area (Å²) in [4.78, 5) is 10.8. The maximum atomic E-state index is 10.8. The fourth-order valence-corrected chi connectivity index (χ4v) is 2.58. The van der Waals surface area contributed by atoms with Crippen molar-refractivity contribution in [3.05, 3.63) is 0 Å². The number of rotatable bonds is 6. The molecule has 17 heavy (non-hydrogen) atoms. The zero-order valence-corrected chi connectivity index (χ0v) is 11.4. The van der Waals surface area contributed by atoms with Crippen molar-refractivity contribution in [1.29, 1.82) is 0 Å². The molecule has 0 amide bonds. The monoisotopic (exact) mass is 241 g/mol. The molecule has 1 unspecified atom stereocenters. The van der Waals surface area contributed by atoms with E-state index in [0.717, 1.165) is 31.6 Å². The second-order valence-electron chi connectivity index (χ2n) is 5.93. The Bertz CT molecular complexity index is 232. The van der Waals surface area contributed by atoms with E-state index >= 15 is 0 Å². The van der Waals surface area contributed by atoms with Crippen molar-refractivity contribution in [2.75, 3.05) is 0 Å². The number of carbonyl (C=O) groups is 1. The number of hydrogen-bond donors (Lipinski definition) is 2. The van der Waals surface area contributed by atoms with Gasteiger partial charge in [0, 0.05) is 12.1 Å². The lowest BCUT2D eigenvalue weighted by Gasteiger charge is -2.29. The average molecular weight is 241 g/mol. The standard InChI is InChI=1S/C14H27NO2/c1-10(2)4-5-11(3)15-13-8-6-12(7-9-13)14(16)17/h10-13,15H,4-9H2,1-3H3,(H,16,17). The molecular weight excluding hydrogens is 214 g/mol. The van der Waals surface area contributed by atoms with Crippen molar-refractivity contribution in [2.24, 2.45) is 11.8 Å². The Morgan fingerprint density at radius 1 is 1.18 bits per heavy atom. The van der Waals surface area contributed by atoms with Crippen LogP contribution in [0.3, 0.4) is 0 Å². The molecule has 0 radical (unpaired) electrons. The van der Waals surface area contributed by atoms with Crippen LogP contribution in [0.15, 0.2) is 0 Å². The van der Waals surface area contributed by atoms with E-state index in [1.807, 2.05) is 0 Å². The second kappa shape index (κ2) is 7.00. The van der Waals surface area contributed by atoms with Gasteiger partial charge in [0.2, 0.25) is 0 Å². The molecule has 1 rings (SSSR count). The van der Waals surface area contributed by atoms with Crippen LogP contribution in [0.2, 0.25) is 0 Å². The molecule has 0 heterocycles. The molecule has 100 valence electrons. The lowest BCUT2D eigenvalue weighted by Crippen LogP contribution is -2.40. The summed E-state index contributed by atoms with van der Waals surface area (Å²) in [5.41, 5.74) is 0. The third-order valence-corrected chi connectivity index (χ3v) is 3.77. The average Bonchev–Trinajstić information content (AvgIpc) is 2.27. The van der Waals surface area contributed by atoms with Crippen molar-refractivity contribution >= 4 is 5.97 Å². The molecule has 1 fully saturated rings. The summed E-state index contributed by atoms with van der Waals surface area (Å²) in [6, 6.07) is 1.09. The van der Waals surface area contributed by atoms with Crippen LogP contribution in [-0.2, 0) is 4.79 Å². The Morgan fingerprint density at radius 3 is 2.24 bits per heavy atom. The number of carboxylic acids is 1. The zero-order valence-electron chi connectivity index (χ0n) is 11.4. The number of nitrogens with one attached hydrogen (secondary N) is 1. The Kier molecular flexibility index (Phi) is 5.96. The Labute approximate surface area is 105 Å². The Balaban J connectivity index is 2.19. The van der Waals surface area contributed by atoms with Crippen LogP contribution in [0, 0.1) is 11.8 Å². The number of aliphatic carboxylic acids is 1. The summed E-state index contributed by atoms with van der Waals surface area (Å²) < 4.78 is 0. The Hall–Kier alpha value is -0.570. The highest BCUT2D eigenvalue weighted by Crippen LogP contribution is 2.25. The summed E-state index contributed by atoms with van der Waals surface area (Å²) in [5.74, 6) is 0.0531. The van der Waals surface area contributed by atoms with E-state index in [0.29, 0.717) is 12.1 Å². The van der Waals surface area contributed by atoms with Gasteiger partial charge in [-0.25, -0.2) is 0 Å². The molecule has 1 aliphatic carbocycles. The van der Waals surface area contributed by atoms with Crippen LogP contribution in [0.5, 0.6) is 0 Å². The Morgan fingerprint density at radius 2 is 1.76 bits per heavy atom. The molecule has 0 spiro atoms. The highest BCUT2D eigenvalue weighted by molar-refractivity contribution is 5.70. The van der Waals surface area contributed by atoms with Crippen LogP contribution >= 0.6 is 0 Å². The minimum Gasteiger partial charge on any atom is -0.481 e. The van der Waals surface area contributed by atoms with Gasteiger partial charge in [0.15, 0.2) is 0 Å². The topological polar surface area (TPSA) is 49.3 Å². The molecule has 0 saturated heterocycles. The minimum atomic E-state index is -0.615. The van der Waals surface area contributed by atoms with Gasteiger partial charge in [0.05, 0.1) is 5.92 Å². The molecule has 1 atom stereocenters. The van der Waals surface area contributed by atoms with Gasteiger partial charge < -0.3 is 10.4 Å². The lowest BCUT2D eigenvalue weighted by atomic mass is 9.85. The zero-order chi connectivity index (χ0) is 12.8. The van der Waals surface area contributed by atoms with E-state index in [9.17, 15) is 4.79 Å². The van der Waals surface area contributed by atoms with E-state index < -0.39 is 5.97 Å². The van der Waals surface area contributed by atoms with Crippen LogP contribution in [0.25, 0.3) is 0 Å². The normalized spacial score (nSPS) is 27.1. The van der Waals surface area contributed by atoms with Gasteiger partial charge in [-0.2, -0.15) is 0 Å². The van der Waals surface area contributed by atoms with Crippen LogP contribution < -0.4 is 5.32 Å². The van der Waals surface area contributed by atoms with Crippen LogP contribution in [-0.4, -0.2) is 23.2 Å². The molecule has 0 aliphatic heterocycles. The third kappa shape index (κ3) is 5.53. The molecule has 0 aromatic rings. The highest BCUT2D eigenvalue weighted by atomic mass is 16.4. The van der Waals surface area contributed by atoms with Gasteiger partial charge in [-0.1, -0.05) is 13.8 Å². The molecular formula is C14H27NO2. The first-order chi connectivity index (χ1) is 7.99. The van der Waals surface area contributed by atoms with E-state index in [-0.39, 0.29) is 5.92 Å². The highest BCUT2D eigenvalue weighted by Gasteiger charge is 2.26. The SMILES string of the molecule is CC(C)CCC(C)NC1CCC(C(=O)O)CC1. The van der Waals surface area contributed by atoms with Crippen molar-refractivity contribution in [2.45, 2.75) is 71.4 Å². The van der Waals surface area contributed by atoms with Crippen LogP contribution in [0.4, 0.5) is 0 Å². The third-order valence-electron chi connectivity index (χ3n) is 3.77.